The lowest BCUT2D eigenvalue weighted by molar-refractivity contribution is -0.125. The molecule has 1 N–H and O–H groups in total. The van der Waals surface area contributed by atoms with Crippen molar-refractivity contribution in [3.8, 4) is 0 Å². The molecule has 0 unspecified atom stereocenters. The fourth-order valence-electron chi connectivity index (χ4n) is 5.24. The van der Waals surface area contributed by atoms with E-state index in [0.29, 0.717) is 19.0 Å². The molecule has 0 spiro atoms. The van der Waals surface area contributed by atoms with Crippen LogP contribution in [0, 0.1) is 34.2 Å². The molecule has 0 aliphatic heterocycles. The van der Waals surface area contributed by atoms with Gasteiger partial charge in [-0.15, -0.1) is 0 Å². The van der Waals surface area contributed by atoms with Crippen molar-refractivity contribution in [2.24, 2.45) is 23.7 Å². The van der Waals surface area contributed by atoms with Gasteiger partial charge in [0.25, 0.3) is 0 Å². The Morgan fingerprint density at radius 1 is 1.27 bits per heavy atom. The molecule has 0 atom stereocenters. The Labute approximate surface area is 145 Å². The third-order valence-corrected chi connectivity index (χ3v) is 7.07. The SMILES string of the molecule is Cc1nn(CCC(=O)NC2C3CC4CC(C3)CC2C4)cc1I. The van der Waals surface area contributed by atoms with E-state index in [0.717, 1.165) is 29.4 Å². The Kier molecular flexibility index (Phi) is 3.95. The van der Waals surface area contributed by atoms with E-state index >= 15 is 0 Å². The molecule has 0 radical (unpaired) electrons. The van der Waals surface area contributed by atoms with Crippen molar-refractivity contribution in [3.63, 3.8) is 0 Å². The van der Waals surface area contributed by atoms with E-state index in [1.165, 1.54) is 35.7 Å². The predicted molar refractivity (Wildman–Crippen MR) is 93.3 cm³/mol. The quantitative estimate of drug-likeness (QED) is 0.772. The minimum Gasteiger partial charge on any atom is -0.353 e. The summed E-state index contributed by atoms with van der Waals surface area (Å²) < 4.78 is 3.06. The molecule has 22 heavy (non-hydrogen) atoms. The number of nitrogens with one attached hydrogen (secondary N) is 1. The molecular weight excluding hydrogens is 389 g/mol. The van der Waals surface area contributed by atoms with E-state index in [4.69, 9.17) is 0 Å². The van der Waals surface area contributed by atoms with Gasteiger partial charge in [-0.3, -0.25) is 9.48 Å². The molecule has 1 aromatic rings. The number of carbonyl (C=O) groups is 1. The lowest BCUT2D eigenvalue weighted by Crippen LogP contribution is -2.55. The first-order valence-corrected chi connectivity index (χ1v) is 9.65. The molecule has 5 heteroatoms. The summed E-state index contributed by atoms with van der Waals surface area (Å²) in [4.78, 5) is 12.3. The molecule has 0 saturated heterocycles. The topological polar surface area (TPSA) is 46.9 Å². The van der Waals surface area contributed by atoms with Gasteiger partial charge in [-0.05, 0) is 85.3 Å². The Hall–Kier alpha value is -0.590. The lowest BCUT2D eigenvalue weighted by Gasteiger charge is -2.54. The van der Waals surface area contributed by atoms with Crippen LogP contribution >= 0.6 is 22.6 Å². The van der Waals surface area contributed by atoms with Crippen molar-refractivity contribution in [2.75, 3.05) is 0 Å². The highest BCUT2D eigenvalue weighted by molar-refractivity contribution is 14.1. The summed E-state index contributed by atoms with van der Waals surface area (Å²) >= 11 is 2.29. The fourth-order valence-corrected chi connectivity index (χ4v) is 5.67. The van der Waals surface area contributed by atoms with Gasteiger partial charge in [0.05, 0.1) is 9.26 Å². The number of hydrogen-bond acceptors (Lipinski definition) is 2. The number of halogens is 1. The largest absolute Gasteiger partial charge is 0.353 e. The van der Waals surface area contributed by atoms with Crippen molar-refractivity contribution in [2.45, 2.75) is 58.0 Å². The van der Waals surface area contributed by atoms with Gasteiger partial charge < -0.3 is 5.32 Å². The molecule has 1 aromatic heterocycles. The maximum Gasteiger partial charge on any atom is 0.222 e. The summed E-state index contributed by atoms with van der Waals surface area (Å²) in [5.74, 6) is 3.65. The second-order valence-corrected chi connectivity index (χ2v) is 8.76. The molecule has 1 amide bonds. The highest BCUT2D eigenvalue weighted by atomic mass is 127. The van der Waals surface area contributed by atoms with Gasteiger partial charge in [0.15, 0.2) is 0 Å². The van der Waals surface area contributed by atoms with Crippen molar-refractivity contribution in [1.29, 1.82) is 0 Å². The summed E-state index contributed by atoms with van der Waals surface area (Å²) in [6.07, 6.45) is 9.45. The smallest absolute Gasteiger partial charge is 0.222 e. The molecule has 4 aliphatic carbocycles. The molecule has 4 saturated carbocycles. The number of hydrogen-bond donors (Lipinski definition) is 1. The van der Waals surface area contributed by atoms with Crippen LogP contribution in [0.25, 0.3) is 0 Å². The third-order valence-electron chi connectivity index (χ3n) is 6.01. The van der Waals surface area contributed by atoms with Crippen molar-refractivity contribution >= 4 is 28.5 Å². The molecule has 4 aliphatic rings. The zero-order valence-electron chi connectivity index (χ0n) is 13.1. The van der Waals surface area contributed by atoms with Crippen LogP contribution in [-0.4, -0.2) is 21.7 Å². The average molecular weight is 413 g/mol. The highest BCUT2D eigenvalue weighted by Crippen LogP contribution is 2.53. The Morgan fingerprint density at radius 2 is 1.91 bits per heavy atom. The Bertz CT molecular complexity index is 535. The van der Waals surface area contributed by atoms with Crippen LogP contribution in [0.2, 0.25) is 0 Å². The normalized spacial score (nSPS) is 35.8. The van der Waals surface area contributed by atoms with Crippen molar-refractivity contribution < 1.29 is 4.79 Å². The first-order valence-electron chi connectivity index (χ1n) is 8.57. The number of carbonyl (C=O) groups excluding carboxylic acids is 1. The minimum atomic E-state index is 0.209. The first kappa shape index (κ1) is 15.0. The van der Waals surface area contributed by atoms with Crippen LogP contribution in [0.3, 0.4) is 0 Å². The van der Waals surface area contributed by atoms with Gasteiger partial charge >= 0.3 is 0 Å². The number of rotatable bonds is 4. The lowest BCUT2D eigenvalue weighted by atomic mass is 9.54. The van der Waals surface area contributed by atoms with Gasteiger partial charge in [-0.25, -0.2) is 0 Å². The molecule has 5 rings (SSSR count). The molecule has 0 aromatic carbocycles. The monoisotopic (exact) mass is 413 g/mol. The van der Waals surface area contributed by atoms with E-state index in [9.17, 15) is 4.79 Å². The van der Waals surface area contributed by atoms with Crippen LogP contribution in [0.1, 0.15) is 44.2 Å². The Morgan fingerprint density at radius 3 is 2.45 bits per heavy atom. The summed E-state index contributed by atoms with van der Waals surface area (Å²) in [7, 11) is 0. The summed E-state index contributed by atoms with van der Waals surface area (Å²) in [5.41, 5.74) is 1.04. The number of aromatic nitrogens is 2. The van der Waals surface area contributed by atoms with Gasteiger partial charge in [-0.2, -0.15) is 5.10 Å². The highest BCUT2D eigenvalue weighted by Gasteiger charge is 2.48. The summed E-state index contributed by atoms with van der Waals surface area (Å²) in [5, 5.41) is 7.80. The molecule has 4 fully saturated rings. The van der Waals surface area contributed by atoms with E-state index in [2.05, 4.69) is 33.0 Å². The molecule has 120 valence electrons. The van der Waals surface area contributed by atoms with E-state index in [1.807, 2.05) is 17.8 Å². The standard InChI is InChI=1S/C17H24IN3O/c1-10-15(18)9-21(20-10)3-2-16(22)19-17-13-5-11-4-12(7-13)8-14(17)6-11/h9,11-14,17H,2-8H2,1H3,(H,19,22). The molecule has 4 bridgehead atoms. The Balaban J connectivity index is 1.32. The molecular formula is C17H24IN3O. The van der Waals surface area contributed by atoms with Crippen LogP contribution < -0.4 is 5.32 Å². The number of aryl methyl sites for hydroxylation is 2. The van der Waals surface area contributed by atoms with Gasteiger partial charge in [0.1, 0.15) is 0 Å². The zero-order valence-corrected chi connectivity index (χ0v) is 15.3. The van der Waals surface area contributed by atoms with E-state index in [1.54, 1.807) is 0 Å². The van der Waals surface area contributed by atoms with E-state index in [-0.39, 0.29) is 5.91 Å². The number of nitrogens with zero attached hydrogens (tertiary/aromatic N) is 2. The zero-order chi connectivity index (χ0) is 15.3. The van der Waals surface area contributed by atoms with E-state index < -0.39 is 0 Å². The van der Waals surface area contributed by atoms with Gasteiger partial charge in [0.2, 0.25) is 5.91 Å². The van der Waals surface area contributed by atoms with Gasteiger partial charge in [0, 0.05) is 25.2 Å². The van der Waals surface area contributed by atoms with Crippen molar-refractivity contribution in [3.05, 3.63) is 15.5 Å². The number of amides is 1. The minimum absolute atomic E-state index is 0.209. The second-order valence-electron chi connectivity index (χ2n) is 7.60. The summed E-state index contributed by atoms with van der Waals surface area (Å²) in [6, 6.07) is 0.458. The molecule has 1 heterocycles. The van der Waals surface area contributed by atoms with Crippen LogP contribution in [0.15, 0.2) is 6.20 Å². The first-order chi connectivity index (χ1) is 10.6. The van der Waals surface area contributed by atoms with Crippen LogP contribution in [-0.2, 0) is 11.3 Å². The summed E-state index contributed by atoms with van der Waals surface area (Å²) in [6.45, 7) is 2.69. The van der Waals surface area contributed by atoms with Crippen molar-refractivity contribution in [1.82, 2.24) is 15.1 Å². The van der Waals surface area contributed by atoms with Crippen LogP contribution in [0.5, 0.6) is 0 Å². The predicted octanol–water partition coefficient (Wildman–Crippen LogP) is 3.13. The molecule has 4 nitrogen and oxygen atoms in total. The maximum absolute atomic E-state index is 12.3. The van der Waals surface area contributed by atoms with Gasteiger partial charge in [-0.1, -0.05) is 0 Å². The van der Waals surface area contributed by atoms with Crippen LogP contribution in [0.4, 0.5) is 0 Å². The third kappa shape index (κ3) is 2.81. The maximum atomic E-state index is 12.3. The average Bonchev–Trinajstić information content (AvgIpc) is 2.79. The fraction of sp³-hybridized carbons (Fsp3) is 0.765. The second kappa shape index (κ2) is 5.80.